The standard InChI is InChI=1S/C16H13Cl3N2O3/c1-23-15-5-3-11(17)7-14(15)21-16(22)9-24-20-8-10-2-4-12(18)13(19)6-10/h2-8H,9H2,1H3,(H,21,22)/b20-8+. The van der Waals surface area contributed by atoms with Gasteiger partial charge >= 0.3 is 0 Å². The maximum atomic E-state index is 11.9. The molecule has 1 N–H and O–H groups in total. The van der Waals surface area contributed by atoms with Gasteiger partial charge in [0.25, 0.3) is 5.91 Å². The lowest BCUT2D eigenvalue weighted by Gasteiger charge is -2.09. The summed E-state index contributed by atoms with van der Waals surface area (Å²) in [7, 11) is 1.50. The first-order valence-corrected chi connectivity index (χ1v) is 7.87. The quantitative estimate of drug-likeness (QED) is 0.580. The summed E-state index contributed by atoms with van der Waals surface area (Å²) < 4.78 is 5.14. The number of halogens is 3. The minimum atomic E-state index is -0.401. The number of nitrogens with zero attached hydrogens (tertiary/aromatic N) is 1. The van der Waals surface area contributed by atoms with Crippen LogP contribution in [0.25, 0.3) is 0 Å². The summed E-state index contributed by atoms with van der Waals surface area (Å²) in [5.74, 6) is 0.0916. The lowest BCUT2D eigenvalue weighted by Crippen LogP contribution is -2.17. The van der Waals surface area contributed by atoms with Crippen molar-refractivity contribution in [3.05, 3.63) is 57.0 Å². The first-order chi connectivity index (χ1) is 11.5. The average molecular weight is 388 g/mol. The summed E-state index contributed by atoms with van der Waals surface area (Å²) in [6, 6.07) is 9.89. The van der Waals surface area contributed by atoms with E-state index in [9.17, 15) is 4.79 Å². The van der Waals surface area contributed by atoms with E-state index in [0.29, 0.717) is 32.1 Å². The van der Waals surface area contributed by atoms with Crippen LogP contribution in [-0.2, 0) is 9.63 Å². The largest absolute Gasteiger partial charge is 0.495 e. The van der Waals surface area contributed by atoms with E-state index in [1.165, 1.54) is 13.3 Å². The third-order valence-corrected chi connectivity index (χ3v) is 3.83. The molecule has 5 nitrogen and oxygen atoms in total. The second-order valence-corrected chi connectivity index (χ2v) is 5.83. The molecule has 1 amide bonds. The van der Waals surface area contributed by atoms with E-state index in [4.69, 9.17) is 44.4 Å². The number of nitrogens with one attached hydrogen (secondary N) is 1. The summed E-state index contributed by atoms with van der Waals surface area (Å²) in [5, 5.41) is 7.67. The molecule has 0 aliphatic rings. The lowest BCUT2D eigenvalue weighted by molar-refractivity contribution is -0.120. The maximum Gasteiger partial charge on any atom is 0.265 e. The van der Waals surface area contributed by atoms with Gasteiger partial charge in [-0.1, -0.05) is 46.0 Å². The Morgan fingerprint density at radius 3 is 2.67 bits per heavy atom. The van der Waals surface area contributed by atoms with E-state index in [1.807, 2.05) is 0 Å². The minimum Gasteiger partial charge on any atom is -0.495 e. The fraction of sp³-hybridized carbons (Fsp3) is 0.125. The Kier molecular flexibility index (Phi) is 6.73. The molecule has 0 aliphatic carbocycles. The third-order valence-electron chi connectivity index (χ3n) is 2.85. The second-order valence-electron chi connectivity index (χ2n) is 4.57. The number of oxime groups is 1. The Bertz CT molecular complexity index is 766. The number of benzene rings is 2. The molecule has 0 bridgehead atoms. The maximum absolute atomic E-state index is 11.9. The number of carbonyl (C=O) groups is 1. The van der Waals surface area contributed by atoms with Gasteiger partial charge in [-0.25, -0.2) is 0 Å². The highest BCUT2D eigenvalue weighted by Gasteiger charge is 2.08. The fourth-order valence-corrected chi connectivity index (χ4v) is 2.23. The first kappa shape index (κ1) is 18.4. The van der Waals surface area contributed by atoms with Gasteiger partial charge < -0.3 is 14.9 Å². The number of carbonyl (C=O) groups excluding carboxylic acids is 1. The number of methoxy groups -OCH3 is 1. The zero-order chi connectivity index (χ0) is 17.5. The van der Waals surface area contributed by atoms with Crippen molar-refractivity contribution < 1.29 is 14.4 Å². The molecule has 0 aromatic heterocycles. The Morgan fingerprint density at radius 1 is 1.17 bits per heavy atom. The molecule has 2 aromatic rings. The highest BCUT2D eigenvalue weighted by atomic mass is 35.5. The van der Waals surface area contributed by atoms with E-state index in [1.54, 1.807) is 36.4 Å². The topological polar surface area (TPSA) is 59.9 Å². The fourth-order valence-electron chi connectivity index (χ4n) is 1.75. The van der Waals surface area contributed by atoms with Gasteiger partial charge in [0.2, 0.25) is 0 Å². The van der Waals surface area contributed by atoms with E-state index in [0.717, 1.165) is 0 Å². The molecule has 2 aromatic carbocycles. The summed E-state index contributed by atoms with van der Waals surface area (Å²) in [4.78, 5) is 16.8. The van der Waals surface area contributed by atoms with Gasteiger partial charge in [0.1, 0.15) is 5.75 Å². The molecule has 0 fully saturated rings. The van der Waals surface area contributed by atoms with Crippen LogP contribution in [0.4, 0.5) is 5.69 Å². The minimum absolute atomic E-state index is 0.270. The van der Waals surface area contributed by atoms with Crippen LogP contribution in [0.2, 0.25) is 15.1 Å². The molecule has 126 valence electrons. The van der Waals surface area contributed by atoms with Gasteiger partial charge in [0, 0.05) is 5.02 Å². The third kappa shape index (κ3) is 5.30. The second kappa shape index (κ2) is 8.78. The first-order valence-electron chi connectivity index (χ1n) is 6.73. The summed E-state index contributed by atoms with van der Waals surface area (Å²) in [6.07, 6.45) is 1.43. The molecule has 24 heavy (non-hydrogen) atoms. The van der Waals surface area contributed by atoms with Crippen molar-refractivity contribution in [1.82, 2.24) is 0 Å². The van der Waals surface area contributed by atoms with Crippen LogP contribution in [0.3, 0.4) is 0 Å². The van der Waals surface area contributed by atoms with Crippen LogP contribution in [-0.4, -0.2) is 25.8 Å². The van der Waals surface area contributed by atoms with Crippen molar-refractivity contribution in [2.45, 2.75) is 0 Å². The Hall–Kier alpha value is -1.95. The number of hydrogen-bond acceptors (Lipinski definition) is 4. The molecule has 0 aliphatic heterocycles. The van der Waals surface area contributed by atoms with Crippen molar-refractivity contribution >= 4 is 52.6 Å². The van der Waals surface area contributed by atoms with E-state index in [2.05, 4.69) is 10.5 Å². The number of anilines is 1. The molecular weight excluding hydrogens is 375 g/mol. The normalized spacial score (nSPS) is 10.7. The van der Waals surface area contributed by atoms with Crippen molar-refractivity contribution in [3.8, 4) is 5.75 Å². The van der Waals surface area contributed by atoms with Gasteiger partial charge in [-0.15, -0.1) is 0 Å². The average Bonchev–Trinajstić information content (AvgIpc) is 2.55. The Labute approximate surface area is 154 Å². The van der Waals surface area contributed by atoms with Gasteiger partial charge in [-0.05, 0) is 35.9 Å². The summed E-state index contributed by atoms with van der Waals surface area (Å²) >= 11 is 17.6. The summed E-state index contributed by atoms with van der Waals surface area (Å²) in [5.41, 5.74) is 1.15. The molecule has 0 spiro atoms. The van der Waals surface area contributed by atoms with Gasteiger partial charge in [0.05, 0.1) is 29.1 Å². The predicted molar refractivity (Wildman–Crippen MR) is 96.6 cm³/mol. The number of rotatable bonds is 6. The van der Waals surface area contributed by atoms with Crippen LogP contribution in [0.1, 0.15) is 5.56 Å². The zero-order valence-corrected chi connectivity index (χ0v) is 14.8. The molecule has 0 radical (unpaired) electrons. The van der Waals surface area contributed by atoms with Crippen LogP contribution in [0.5, 0.6) is 5.75 Å². The van der Waals surface area contributed by atoms with Crippen LogP contribution < -0.4 is 10.1 Å². The molecule has 2 rings (SSSR count). The highest BCUT2D eigenvalue weighted by Crippen LogP contribution is 2.27. The monoisotopic (exact) mass is 386 g/mol. The molecular formula is C16H13Cl3N2O3. The van der Waals surface area contributed by atoms with Crippen molar-refractivity contribution in [2.24, 2.45) is 5.16 Å². The smallest absolute Gasteiger partial charge is 0.265 e. The molecule has 0 saturated heterocycles. The SMILES string of the molecule is COc1ccc(Cl)cc1NC(=O)CO/N=C/c1ccc(Cl)c(Cl)c1. The molecule has 0 heterocycles. The number of amides is 1. The number of hydrogen-bond donors (Lipinski definition) is 1. The zero-order valence-electron chi connectivity index (χ0n) is 12.6. The van der Waals surface area contributed by atoms with Crippen LogP contribution in [0.15, 0.2) is 41.6 Å². The Balaban J connectivity index is 1.88. The van der Waals surface area contributed by atoms with Gasteiger partial charge in [-0.2, -0.15) is 0 Å². The van der Waals surface area contributed by atoms with Crippen molar-refractivity contribution in [1.29, 1.82) is 0 Å². The Morgan fingerprint density at radius 2 is 1.96 bits per heavy atom. The van der Waals surface area contributed by atoms with Crippen LogP contribution >= 0.6 is 34.8 Å². The van der Waals surface area contributed by atoms with Gasteiger partial charge in [0.15, 0.2) is 6.61 Å². The summed E-state index contributed by atoms with van der Waals surface area (Å²) in [6.45, 7) is -0.270. The molecule has 0 saturated carbocycles. The molecule has 0 atom stereocenters. The van der Waals surface area contributed by atoms with Crippen molar-refractivity contribution in [2.75, 3.05) is 19.0 Å². The highest BCUT2D eigenvalue weighted by molar-refractivity contribution is 6.42. The van der Waals surface area contributed by atoms with E-state index < -0.39 is 5.91 Å². The van der Waals surface area contributed by atoms with Crippen molar-refractivity contribution in [3.63, 3.8) is 0 Å². The lowest BCUT2D eigenvalue weighted by atomic mass is 10.2. The van der Waals surface area contributed by atoms with E-state index in [-0.39, 0.29) is 6.61 Å². The number of ether oxygens (including phenoxy) is 1. The van der Waals surface area contributed by atoms with Gasteiger partial charge in [-0.3, -0.25) is 4.79 Å². The molecule has 8 heteroatoms. The molecule has 0 unspecified atom stereocenters. The predicted octanol–water partition coefficient (Wildman–Crippen LogP) is 4.64. The van der Waals surface area contributed by atoms with E-state index >= 15 is 0 Å². The van der Waals surface area contributed by atoms with Crippen LogP contribution in [0, 0.1) is 0 Å².